The maximum absolute atomic E-state index is 4.70. The van der Waals surface area contributed by atoms with E-state index >= 15 is 0 Å². The molecule has 2 aliphatic rings. The van der Waals surface area contributed by atoms with Gasteiger partial charge in [0, 0.05) is 29.7 Å². The number of rotatable bonds is 7. The first-order valence-electron chi connectivity index (χ1n) is 14.8. The number of benzene rings is 2. The van der Waals surface area contributed by atoms with E-state index in [2.05, 4.69) is 83.3 Å². The number of H-pyrrole nitrogens is 1. The molecule has 0 saturated heterocycles. The minimum atomic E-state index is 0.597. The lowest BCUT2D eigenvalue weighted by atomic mass is 9.77. The van der Waals surface area contributed by atoms with Crippen molar-refractivity contribution in [3.05, 3.63) is 95.0 Å². The Bertz CT molecular complexity index is 1260. The summed E-state index contributed by atoms with van der Waals surface area (Å²) in [6.45, 7) is 10.3. The summed E-state index contributed by atoms with van der Waals surface area (Å²) < 4.78 is 0. The Labute approximate surface area is 229 Å². The summed E-state index contributed by atoms with van der Waals surface area (Å²) in [4.78, 5) is 2.56. The molecule has 2 fully saturated rings. The van der Waals surface area contributed by atoms with Gasteiger partial charge in [-0.3, -0.25) is 5.10 Å². The molecule has 3 aromatic rings. The molecule has 1 heterocycles. The van der Waals surface area contributed by atoms with Crippen molar-refractivity contribution >= 4 is 5.69 Å². The molecule has 0 amide bonds. The highest BCUT2D eigenvalue weighted by Gasteiger charge is 2.28. The van der Waals surface area contributed by atoms with Gasteiger partial charge < -0.3 is 4.90 Å². The molecule has 38 heavy (non-hydrogen) atoms. The summed E-state index contributed by atoms with van der Waals surface area (Å²) in [5.74, 6) is 8.52. The molecule has 3 heteroatoms. The van der Waals surface area contributed by atoms with Crippen molar-refractivity contribution in [1.29, 1.82) is 0 Å². The van der Waals surface area contributed by atoms with Crippen molar-refractivity contribution in [3.63, 3.8) is 0 Å². The highest BCUT2D eigenvalue weighted by atomic mass is 15.1. The molecule has 2 aromatic carbocycles. The zero-order valence-electron chi connectivity index (χ0n) is 23.3. The Hall–Kier alpha value is -3.25. The van der Waals surface area contributed by atoms with Crippen LogP contribution in [0.2, 0.25) is 0 Å². The summed E-state index contributed by atoms with van der Waals surface area (Å²) in [6.07, 6.45) is 14.6. The number of aromatic nitrogens is 2. The highest BCUT2D eigenvalue weighted by molar-refractivity contribution is 5.57. The molecule has 0 aliphatic heterocycles. The minimum Gasteiger partial charge on any atom is -0.345 e. The zero-order valence-corrected chi connectivity index (χ0v) is 23.3. The van der Waals surface area contributed by atoms with E-state index in [1.807, 2.05) is 6.07 Å². The van der Waals surface area contributed by atoms with E-state index in [-0.39, 0.29) is 0 Å². The van der Waals surface area contributed by atoms with Crippen LogP contribution in [0.5, 0.6) is 0 Å². The number of hydrogen-bond acceptors (Lipinski definition) is 2. The van der Waals surface area contributed by atoms with Gasteiger partial charge in [0.15, 0.2) is 0 Å². The fraction of sp³-hybridized carbons (Fsp3) is 0.457. The first-order valence-corrected chi connectivity index (χ1v) is 14.8. The van der Waals surface area contributed by atoms with Gasteiger partial charge in [-0.15, -0.1) is 0 Å². The first kappa shape index (κ1) is 26.4. The molecular formula is C35H43N3. The summed E-state index contributed by atoms with van der Waals surface area (Å²) in [5.41, 5.74) is 8.92. The van der Waals surface area contributed by atoms with Crippen molar-refractivity contribution in [2.45, 2.75) is 84.0 Å². The van der Waals surface area contributed by atoms with E-state index in [9.17, 15) is 0 Å². The summed E-state index contributed by atoms with van der Waals surface area (Å²) in [7, 11) is 0. The van der Waals surface area contributed by atoms with Gasteiger partial charge in [-0.05, 0) is 116 Å². The van der Waals surface area contributed by atoms with Crippen LogP contribution in [0.15, 0.2) is 67.0 Å². The van der Waals surface area contributed by atoms with Crippen molar-refractivity contribution in [1.82, 2.24) is 10.2 Å². The first-order chi connectivity index (χ1) is 18.6. The Morgan fingerprint density at radius 1 is 0.974 bits per heavy atom. The molecule has 198 valence electrons. The monoisotopic (exact) mass is 505 g/mol. The highest BCUT2D eigenvalue weighted by Crippen LogP contribution is 2.39. The van der Waals surface area contributed by atoms with Gasteiger partial charge in [0.25, 0.3) is 0 Å². The van der Waals surface area contributed by atoms with Crippen molar-refractivity contribution in [2.24, 2.45) is 11.8 Å². The van der Waals surface area contributed by atoms with Crippen LogP contribution in [0.4, 0.5) is 5.69 Å². The molecule has 0 radical (unpaired) electrons. The second-order valence-corrected chi connectivity index (χ2v) is 11.5. The van der Waals surface area contributed by atoms with Crippen LogP contribution in [0.1, 0.15) is 98.6 Å². The van der Waals surface area contributed by atoms with E-state index in [0.717, 1.165) is 24.2 Å². The van der Waals surface area contributed by atoms with Crippen LogP contribution >= 0.6 is 0 Å². The molecule has 1 aromatic heterocycles. The van der Waals surface area contributed by atoms with Gasteiger partial charge in [0.2, 0.25) is 0 Å². The largest absolute Gasteiger partial charge is 0.345 e. The number of aryl methyl sites for hydroxylation is 2. The maximum Gasteiger partial charge on any atom is 0.108 e. The standard InChI is InChI=1S/C35H43N3/c1-4-30-18-19-33(23-26(30)2)32-16-13-29(14-17-32)25-38(27(3)31-10-6-5-7-11-31)35-12-8-9-28(24-35)15-20-34-21-22-36-37-34/h8-9,12,18-19,21-24,29,31-32H,3-7,10-11,13-14,16-17,25H2,1-2H3,(H,36,37). The summed E-state index contributed by atoms with van der Waals surface area (Å²) in [6, 6.07) is 17.9. The fourth-order valence-electron chi connectivity index (χ4n) is 6.57. The molecule has 2 saturated carbocycles. The second kappa shape index (κ2) is 12.5. The van der Waals surface area contributed by atoms with Crippen LogP contribution in [0.25, 0.3) is 0 Å². The summed E-state index contributed by atoms with van der Waals surface area (Å²) in [5, 5.41) is 6.95. The van der Waals surface area contributed by atoms with Crippen LogP contribution in [0.3, 0.4) is 0 Å². The topological polar surface area (TPSA) is 31.9 Å². The van der Waals surface area contributed by atoms with E-state index in [1.165, 1.54) is 80.3 Å². The Kier molecular flexibility index (Phi) is 8.69. The average molecular weight is 506 g/mol. The van der Waals surface area contributed by atoms with Gasteiger partial charge in [0.1, 0.15) is 5.69 Å². The molecule has 3 nitrogen and oxygen atoms in total. The normalized spacial score (nSPS) is 19.9. The Balaban J connectivity index is 1.31. The molecule has 5 rings (SSSR count). The van der Waals surface area contributed by atoms with Crippen molar-refractivity contribution in [3.8, 4) is 11.8 Å². The Morgan fingerprint density at radius 3 is 2.50 bits per heavy atom. The van der Waals surface area contributed by atoms with Crippen molar-refractivity contribution < 1.29 is 0 Å². The molecular weight excluding hydrogens is 462 g/mol. The number of anilines is 1. The third-order valence-electron chi connectivity index (χ3n) is 8.93. The third-order valence-corrected chi connectivity index (χ3v) is 8.93. The number of nitrogens with zero attached hydrogens (tertiary/aromatic N) is 2. The molecule has 2 aliphatic carbocycles. The predicted octanol–water partition coefficient (Wildman–Crippen LogP) is 8.55. The number of allylic oxidation sites excluding steroid dienone is 1. The van der Waals surface area contributed by atoms with Gasteiger partial charge >= 0.3 is 0 Å². The molecule has 0 atom stereocenters. The van der Waals surface area contributed by atoms with Gasteiger partial charge in [-0.2, -0.15) is 5.10 Å². The lowest BCUT2D eigenvalue weighted by Crippen LogP contribution is -2.33. The molecule has 0 bridgehead atoms. The average Bonchev–Trinajstić information content (AvgIpc) is 3.49. The lowest BCUT2D eigenvalue weighted by molar-refractivity contribution is 0.323. The predicted molar refractivity (Wildman–Crippen MR) is 159 cm³/mol. The third kappa shape index (κ3) is 6.41. The molecule has 0 unspecified atom stereocenters. The van der Waals surface area contributed by atoms with Crippen LogP contribution in [-0.4, -0.2) is 16.7 Å². The van der Waals surface area contributed by atoms with Gasteiger partial charge in [-0.25, -0.2) is 0 Å². The second-order valence-electron chi connectivity index (χ2n) is 11.5. The van der Waals surface area contributed by atoms with Gasteiger partial charge in [-0.1, -0.05) is 63.0 Å². The van der Waals surface area contributed by atoms with Crippen LogP contribution in [0, 0.1) is 30.6 Å². The lowest BCUT2D eigenvalue weighted by Gasteiger charge is -2.38. The molecule has 0 spiro atoms. The smallest absolute Gasteiger partial charge is 0.108 e. The van der Waals surface area contributed by atoms with E-state index < -0.39 is 0 Å². The van der Waals surface area contributed by atoms with Crippen LogP contribution in [-0.2, 0) is 6.42 Å². The minimum absolute atomic E-state index is 0.597. The van der Waals surface area contributed by atoms with Crippen LogP contribution < -0.4 is 4.90 Å². The number of hydrogen-bond donors (Lipinski definition) is 1. The van der Waals surface area contributed by atoms with E-state index in [1.54, 1.807) is 11.8 Å². The van der Waals surface area contributed by atoms with E-state index in [0.29, 0.717) is 17.8 Å². The van der Waals surface area contributed by atoms with Crippen molar-refractivity contribution in [2.75, 3.05) is 11.4 Å². The maximum atomic E-state index is 4.70. The zero-order chi connectivity index (χ0) is 26.3. The fourth-order valence-corrected chi connectivity index (χ4v) is 6.57. The molecule has 1 N–H and O–H groups in total. The van der Waals surface area contributed by atoms with Gasteiger partial charge in [0.05, 0.1) is 0 Å². The SMILES string of the molecule is C=C(C1CCCCC1)N(CC1CCC(c2ccc(CC)c(C)c2)CC1)c1cccc(C#Cc2ccn[nH]2)c1. The summed E-state index contributed by atoms with van der Waals surface area (Å²) >= 11 is 0. The number of aromatic amines is 1. The van der Waals surface area contributed by atoms with E-state index in [4.69, 9.17) is 6.58 Å². The quantitative estimate of drug-likeness (QED) is 0.326. The number of nitrogens with one attached hydrogen (secondary N) is 1. The Morgan fingerprint density at radius 2 is 1.79 bits per heavy atom.